The second-order valence-electron chi connectivity index (χ2n) is 14.7. The van der Waals surface area contributed by atoms with Crippen LogP contribution in [0.25, 0.3) is 0 Å². The summed E-state index contributed by atoms with van der Waals surface area (Å²) in [4.78, 5) is 12.3. The van der Waals surface area contributed by atoms with Crippen molar-refractivity contribution in [1.29, 1.82) is 0 Å². The fourth-order valence-electron chi connectivity index (χ4n) is 7.28. The number of hydrogen-bond donors (Lipinski definition) is 15. The van der Waals surface area contributed by atoms with E-state index in [-0.39, 0.29) is 0 Å². The van der Waals surface area contributed by atoms with Crippen LogP contribution in [0.2, 0.25) is 0 Å². The SMILES string of the molecule is CC(=O)N[C@@H]1[C@@H](O[C@@H]2O[C@@H](C)[C@@H](O)[C@@H](O)[C@@H]2O)[C@H](O[C@@H]2O[C@H](CO)[C@H](O)[C@H](O[C@H]3O[C@H](CO)[C@H](O)[C@H](O)[C@H]3O)[C@H]2O[C@@H]2O[C@@H](C)[C@@H](O)[C@@H](O)[C@@H]2O)[C@@H](CO)O[C@H]1O. The lowest BCUT2D eigenvalue weighted by atomic mass is 9.94. The predicted molar refractivity (Wildman–Crippen MR) is 175 cm³/mol. The molecule has 25 nitrogen and oxygen atoms in total. The van der Waals surface area contributed by atoms with E-state index in [1.807, 2.05) is 0 Å². The van der Waals surface area contributed by atoms with E-state index in [1.165, 1.54) is 13.8 Å². The molecule has 0 saturated carbocycles. The molecule has 5 saturated heterocycles. The van der Waals surface area contributed by atoms with Gasteiger partial charge >= 0.3 is 0 Å². The lowest BCUT2D eigenvalue weighted by Gasteiger charge is -2.51. The maximum absolute atomic E-state index is 12.3. The normalized spacial score (nSPS) is 52.3. The summed E-state index contributed by atoms with van der Waals surface area (Å²) in [5, 5.41) is 150. The van der Waals surface area contributed by atoms with Gasteiger partial charge in [-0.05, 0) is 13.8 Å². The first-order valence-electron chi connectivity index (χ1n) is 18.3. The Bertz CT molecular complexity index is 1290. The molecule has 5 heterocycles. The lowest BCUT2D eigenvalue weighted by Crippen LogP contribution is -2.70. The quantitative estimate of drug-likeness (QED) is 0.0867. The fourth-order valence-corrected chi connectivity index (χ4v) is 7.28. The van der Waals surface area contributed by atoms with Crippen LogP contribution in [0.4, 0.5) is 0 Å². The van der Waals surface area contributed by atoms with Gasteiger partial charge in [-0.15, -0.1) is 0 Å². The highest BCUT2D eigenvalue weighted by Crippen LogP contribution is 2.37. The Morgan fingerprint density at radius 3 is 1.35 bits per heavy atom. The molecule has 5 rings (SSSR count). The third kappa shape index (κ3) is 9.71. The minimum absolute atomic E-state index is 0.753. The van der Waals surface area contributed by atoms with Gasteiger partial charge < -0.3 is 119 Å². The van der Waals surface area contributed by atoms with E-state index in [0.717, 1.165) is 6.92 Å². The summed E-state index contributed by atoms with van der Waals surface area (Å²) in [5.74, 6) is -0.753. The summed E-state index contributed by atoms with van der Waals surface area (Å²) in [6.45, 7) is 0.909. The molecule has 0 aromatic rings. The van der Waals surface area contributed by atoms with Crippen LogP contribution < -0.4 is 5.32 Å². The van der Waals surface area contributed by atoms with Gasteiger partial charge in [-0.3, -0.25) is 4.79 Å². The van der Waals surface area contributed by atoms with Crippen LogP contribution in [0.1, 0.15) is 20.8 Å². The summed E-state index contributed by atoms with van der Waals surface area (Å²) in [6.07, 6.45) is -42.9. The van der Waals surface area contributed by atoms with Gasteiger partial charge in [0.05, 0.1) is 32.0 Å². The summed E-state index contributed by atoms with van der Waals surface area (Å²) < 4.78 is 52.3. The standard InChI is InChI=1S/C32H55NO24/c1-7-14(38)18(42)21(45)29(49-7)55-25-13(33-9(3)37)28(48)51-12(6-36)24(25)54-32-27(57-30-22(46)19(43)15(39)8(2)50-30)26(17(41)11(5-35)53-32)56-31-23(47)20(44)16(40)10(4-34)52-31/h7-8,10-32,34-36,38-48H,4-6H2,1-3H3,(H,33,37)/t7-,8-,10+,11+,12+,13+,14+,15+,16-,17-,18+,19+,20-,21-,22-,23+,24+,25+,26-,27+,28+,29-,30-,31+,32-/m0/s1. The monoisotopic (exact) mass is 837 g/mol. The molecular weight excluding hydrogens is 782 g/mol. The van der Waals surface area contributed by atoms with Crippen molar-refractivity contribution in [3.63, 3.8) is 0 Å². The van der Waals surface area contributed by atoms with Gasteiger partial charge in [-0.25, -0.2) is 0 Å². The first-order valence-corrected chi connectivity index (χ1v) is 18.3. The molecule has 5 aliphatic rings. The zero-order valence-electron chi connectivity index (χ0n) is 30.9. The topological polar surface area (TPSA) is 395 Å². The van der Waals surface area contributed by atoms with Crippen molar-refractivity contribution in [1.82, 2.24) is 5.32 Å². The van der Waals surface area contributed by atoms with E-state index in [1.54, 1.807) is 0 Å². The molecule has 0 bridgehead atoms. The van der Waals surface area contributed by atoms with Crippen LogP contribution in [-0.2, 0) is 47.4 Å². The van der Waals surface area contributed by atoms with Crippen molar-refractivity contribution in [3.05, 3.63) is 0 Å². The van der Waals surface area contributed by atoms with Crippen molar-refractivity contribution in [2.75, 3.05) is 19.8 Å². The molecular formula is C32H55NO24. The first kappa shape index (κ1) is 46.6. The molecule has 0 radical (unpaired) electrons. The molecule has 15 N–H and O–H groups in total. The maximum Gasteiger partial charge on any atom is 0.217 e. The van der Waals surface area contributed by atoms with Gasteiger partial charge in [0.25, 0.3) is 0 Å². The second kappa shape index (κ2) is 19.5. The Labute approximate surface area is 324 Å². The van der Waals surface area contributed by atoms with Crippen molar-refractivity contribution in [2.24, 2.45) is 0 Å². The molecule has 57 heavy (non-hydrogen) atoms. The van der Waals surface area contributed by atoms with Gasteiger partial charge in [0, 0.05) is 6.92 Å². The van der Waals surface area contributed by atoms with Gasteiger partial charge in [0.1, 0.15) is 110 Å². The number of aliphatic hydroxyl groups is 14. The highest BCUT2D eigenvalue weighted by Gasteiger charge is 2.58. The molecule has 0 spiro atoms. The summed E-state index contributed by atoms with van der Waals surface area (Å²) >= 11 is 0. The molecule has 332 valence electrons. The largest absolute Gasteiger partial charge is 0.394 e. The minimum Gasteiger partial charge on any atom is -0.394 e. The number of carbonyl (C=O) groups is 1. The zero-order valence-corrected chi connectivity index (χ0v) is 30.9. The smallest absolute Gasteiger partial charge is 0.217 e. The zero-order chi connectivity index (χ0) is 42.2. The first-order chi connectivity index (χ1) is 26.8. The van der Waals surface area contributed by atoms with Gasteiger partial charge in [-0.2, -0.15) is 0 Å². The highest BCUT2D eigenvalue weighted by molar-refractivity contribution is 5.73. The average molecular weight is 838 g/mol. The van der Waals surface area contributed by atoms with Crippen LogP contribution in [0.3, 0.4) is 0 Å². The van der Waals surface area contributed by atoms with E-state index in [2.05, 4.69) is 5.32 Å². The molecule has 25 atom stereocenters. The van der Waals surface area contributed by atoms with Crippen molar-refractivity contribution in [2.45, 2.75) is 174 Å². The van der Waals surface area contributed by atoms with E-state index >= 15 is 0 Å². The number of nitrogens with one attached hydrogen (secondary N) is 1. The summed E-state index contributed by atoms with van der Waals surface area (Å²) in [7, 11) is 0. The molecule has 0 aromatic carbocycles. The van der Waals surface area contributed by atoms with E-state index in [4.69, 9.17) is 42.6 Å². The Balaban J connectivity index is 1.56. The molecule has 5 fully saturated rings. The van der Waals surface area contributed by atoms with Crippen LogP contribution in [0.15, 0.2) is 0 Å². The average Bonchev–Trinajstić information content (AvgIpc) is 3.18. The maximum atomic E-state index is 12.3. The van der Waals surface area contributed by atoms with Gasteiger partial charge in [-0.1, -0.05) is 0 Å². The fraction of sp³-hybridized carbons (Fsp3) is 0.969. The molecule has 0 aliphatic carbocycles. The third-order valence-electron chi connectivity index (χ3n) is 10.6. The van der Waals surface area contributed by atoms with Gasteiger partial charge in [0.15, 0.2) is 31.5 Å². The molecule has 0 aromatic heterocycles. The van der Waals surface area contributed by atoms with Crippen LogP contribution in [0, 0.1) is 0 Å². The second-order valence-corrected chi connectivity index (χ2v) is 14.7. The van der Waals surface area contributed by atoms with Crippen LogP contribution >= 0.6 is 0 Å². The number of ether oxygens (including phenoxy) is 9. The molecule has 25 heteroatoms. The Morgan fingerprint density at radius 2 is 0.860 bits per heavy atom. The number of hydrogen-bond acceptors (Lipinski definition) is 24. The Morgan fingerprint density at radius 1 is 0.456 bits per heavy atom. The van der Waals surface area contributed by atoms with Crippen LogP contribution in [0.5, 0.6) is 0 Å². The summed E-state index contributed by atoms with van der Waals surface area (Å²) in [6, 6.07) is -1.62. The predicted octanol–water partition coefficient (Wildman–Crippen LogP) is -9.73. The Hall–Kier alpha value is -1.45. The number of aliphatic hydroxyl groups excluding tert-OH is 14. The minimum atomic E-state index is -2.06. The van der Waals surface area contributed by atoms with Crippen LogP contribution in [-0.4, -0.2) is 251 Å². The van der Waals surface area contributed by atoms with Gasteiger partial charge in [0.2, 0.25) is 5.91 Å². The number of carbonyl (C=O) groups excluding carboxylic acids is 1. The van der Waals surface area contributed by atoms with Crippen molar-refractivity contribution < 1.29 is 119 Å². The van der Waals surface area contributed by atoms with Crippen molar-refractivity contribution >= 4 is 5.91 Å². The van der Waals surface area contributed by atoms with E-state index in [9.17, 15) is 76.3 Å². The number of amides is 1. The lowest BCUT2D eigenvalue weighted by molar-refractivity contribution is -0.407. The third-order valence-corrected chi connectivity index (χ3v) is 10.6. The molecule has 0 unspecified atom stereocenters. The molecule has 5 aliphatic heterocycles. The molecule has 1 amide bonds. The van der Waals surface area contributed by atoms with E-state index < -0.39 is 179 Å². The highest BCUT2D eigenvalue weighted by atomic mass is 16.8. The Kier molecular flexibility index (Phi) is 16.0. The van der Waals surface area contributed by atoms with E-state index in [0.29, 0.717) is 0 Å². The van der Waals surface area contributed by atoms with Crippen molar-refractivity contribution in [3.8, 4) is 0 Å². The number of rotatable bonds is 12. The summed E-state index contributed by atoms with van der Waals surface area (Å²) in [5.41, 5.74) is 0.